The average molecular weight is 146 g/mol. The summed E-state index contributed by atoms with van der Waals surface area (Å²) in [5.74, 6) is 0. The van der Waals surface area contributed by atoms with Crippen LogP contribution in [-0.2, 0) is 9.47 Å². The molecule has 1 rings (SSSR count). The van der Waals surface area contributed by atoms with Gasteiger partial charge in [0.15, 0.2) is 0 Å². The van der Waals surface area contributed by atoms with E-state index in [1.54, 1.807) is 6.92 Å². The number of aliphatic hydroxyl groups is 1. The number of hydrogen-bond donors (Lipinski definition) is 1. The fourth-order valence-corrected chi connectivity index (χ4v) is 1.05. The largest absolute Gasteiger partial charge is 0.393 e. The highest BCUT2D eigenvalue weighted by atomic mass is 16.6. The molecule has 0 amide bonds. The van der Waals surface area contributed by atoms with Crippen molar-refractivity contribution in [1.29, 1.82) is 0 Å². The molecule has 0 aromatic carbocycles. The molecule has 0 aromatic rings. The average Bonchev–Trinajstić information content (AvgIpc) is 1.88. The summed E-state index contributed by atoms with van der Waals surface area (Å²) >= 11 is 0. The Labute approximate surface area is 60.9 Å². The highest BCUT2D eigenvalue weighted by molar-refractivity contribution is 4.63. The maximum absolute atomic E-state index is 8.97. The van der Waals surface area contributed by atoms with Crippen molar-refractivity contribution in [3.8, 4) is 0 Å². The van der Waals surface area contributed by atoms with Crippen LogP contribution in [0.3, 0.4) is 0 Å². The molecule has 0 bridgehead atoms. The fourth-order valence-electron chi connectivity index (χ4n) is 1.05. The molecule has 1 aliphatic rings. The Morgan fingerprint density at radius 1 is 1.60 bits per heavy atom. The maximum atomic E-state index is 8.97. The second-order valence-corrected chi connectivity index (χ2v) is 2.65. The Balaban J connectivity index is 2.13. The van der Waals surface area contributed by atoms with Crippen molar-refractivity contribution in [2.45, 2.75) is 25.6 Å². The van der Waals surface area contributed by atoms with E-state index >= 15 is 0 Å². The van der Waals surface area contributed by atoms with Crippen molar-refractivity contribution in [1.82, 2.24) is 0 Å². The summed E-state index contributed by atoms with van der Waals surface area (Å²) in [6, 6.07) is 0. The molecular weight excluding hydrogens is 132 g/mol. The maximum Gasteiger partial charge on any atom is 0.0834 e. The Bertz CT molecular complexity index is 86.9. The molecular formula is C7H14O3. The smallest absolute Gasteiger partial charge is 0.0834 e. The summed E-state index contributed by atoms with van der Waals surface area (Å²) in [6.07, 6.45) is 0.500. The highest BCUT2D eigenvalue weighted by Gasteiger charge is 2.15. The summed E-state index contributed by atoms with van der Waals surface area (Å²) in [6.45, 7) is 3.75. The van der Waals surface area contributed by atoms with E-state index in [2.05, 4.69) is 0 Å². The molecule has 0 aliphatic carbocycles. The molecule has 2 atom stereocenters. The summed E-state index contributed by atoms with van der Waals surface area (Å²) in [7, 11) is 0. The summed E-state index contributed by atoms with van der Waals surface area (Å²) in [4.78, 5) is 0. The van der Waals surface area contributed by atoms with Gasteiger partial charge in [-0.2, -0.15) is 0 Å². The van der Waals surface area contributed by atoms with E-state index in [9.17, 15) is 0 Å². The Morgan fingerprint density at radius 2 is 2.40 bits per heavy atom. The van der Waals surface area contributed by atoms with Crippen LogP contribution in [0.2, 0.25) is 0 Å². The SMILES string of the molecule is CC(O)CC1COCCO1. The molecule has 0 aromatic heterocycles. The summed E-state index contributed by atoms with van der Waals surface area (Å²) in [5, 5.41) is 8.97. The molecule has 1 heterocycles. The Hall–Kier alpha value is -0.120. The molecule has 1 aliphatic heterocycles. The summed E-state index contributed by atoms with van der Waals surface area (Å²) < 4.78 is 10.5. The van der Waals surface area contributed by atoms with Crippen LogP contribution in [0.25, 0.3) is 0 Å². The van der Waals surface area contributed by atoms with Crippen LogP contribution < -0.4 is 0 Å². The molecule has 0 saturated carbocycles. The lowest BCUT2D eigenvalue weighted by molar-refractivity contribution is -0.100. The van der Waals surface area contributed by atoms with E-state index in [1.807, 2.05) is 0 Å². The zero-order chi connectivity index (χ0) is 7.40. The third-order valence-corrected chi connectivity index (χ3v) is 1.49. The zero-order valence-electron chi connectivity index (χ0n) is 6.25. The second-order valence-electron chi connectivity index (χ2n) is 2.65. The third kappa shape index (κ3) is 2.64. The van der Waals surface area contributed by atoms with Gasteiger partial charge >= 0.3 is 0 Å². The van der Waals surface area contributed by atoms with Gasteiger partial charge in [0.2, 0.25) is 0 Å². The van der Waals surface area contributed by atoms with Crippen molar-refractivity contribution in [3.05, 3.63) is 0 Å². The minimum atomic E-state index is -0.285. The van der Waals surface area contributed by atoms with Gasteiger partial charge in [-0.15, -0.1) is 0 Å². The second kappa shape index (κ2) is 3.91. The van der Waals surface area contributed by atoms with E-state index < -0.39 is 0 Å². The Kier molecular flexibility index (Phi) is 3.12. The van der Waals surface area contributed by atoms with Crippen molar-refractivity contribution < 1.29 is 14.6 Å². The van der Waals surface area contributed by atoms with Crippen LogP contribution >= 0.6 is 0 Å². The molecule has 2 unspecified atom stereocenters. The quantitative estimate of drug-likeness (QED) is 0.603. The van der Waals surface area contributed by atoms with E-state index in [0.717, 1.165) is 0 Å². The highest BCUT2D eigenvalue weighted by Crippen LogP contribution is 2.06. The lowest BCUT2D eigenvalue weighted by Gasteiger charge is -2.23. The molecule has 1 fully saturated rings. The van der Waals surface area contributed by atoms with E-state index in [4.69, 9.17) is 14.6 Å². The van der Waals surface area contributed by atoms with Gasteiger partial charge < -0.3 is 14.6 Å². The number of hydrogen-bond acceptors (Lipinski definition) is 3. The third-order valence-electron chi connectivity index (χ3n) is 1.49. The lowest BCUT2D eigenvalue weighted by Crippen LogP contribution is -2.31. The Morgan fingerprint density at radius 3 is 2.90 bits per heavy atom. The molecule has 60 valence electrons. The van der Waals surface area contributed by atoms with Gasteiger partial charge in [0.25, 0.3) is 0 Å². The topological polar surface area (TPSA) is 38.7 Å². The van der Waals surface area contributed by atoms with Gasteiger partial charge in [-0.05, 0) is 6.92 Å². The lowest BCUT2D eigenvalue weighted by atomic mass is 10.2. The molecule has 1 saturated heterocycles. The summed E-state index contributed by atoms with van der Waals surface area (Å²) in [5.41, 5.74) is 0. The van der Waals surface area contributed by atoms with E-state index in [1.165, 1.54) is 0 Å². The molecule has 3 heteroatoms. The molecule has 0 radical (unpaired) electrons. The molecule has 3 nitrogen and oxygen atoms in total. The van der Waals surface area contributed by atoms with Crippen molar-refractivity contribution in [2.75, 3.05) is 19.8 Å². The first-order chi connectivity index (χ1) is 4.79. The number of rotatable bonds is 2. The van der Waals surface area contributed by atoms with E-state index in [0.29, 0.717) is 26.2 Å². The molecule has 1 N–H and O–H groups in total. The zero-order valence-corrected chi connectivity index (χ0v) is 6.25. The van der Waals surface area contributed by atoms with Crippen LogP contribution in [-0.4, -0.2) is 37.1 Å². The number of aliphatic hydroxyl groups excluding tert-OH is 1. The van der Waals surface area contributed by atoms with Gasteiger partial charge in [-0.25, -0.2) is 0 Å². The van der Waals surface area contributed by atoms with E-state index in [-0.39, 0.29) is 12.2 Å². The van der Waals surface area contributed by atoms with Gasteiger partial charge in [0.05, 0.1) is 32.0 Å². The van der Waals surface area contributed by atoms with Gasteiger partial charge in [-0.3, -0.25) is 0 Å². The van der Waals surface area contributed by atoms with Crippen LogP contribution in [0.4, 0.5) is 0 Å². The monoisotopic (exact) mass is 146 g/mol. The van der Waals surface area contributed by atoms with Crippen LogP contribution in [0.15, 0.2) is 0 Å². The van der Waals surface area contributed by atoms with Gasteiger partial charge in [0, 0.05) is 6.42 Å². The normalized spacial score (nSPS) is 30.0. The first-order valence-corrected chi connectivity index (χ1v) is 3.66. The first-order valence-electron chi connectivity index (χ1n) is 3.66. The standard InChI is InChI=1S/C7H14O3/c1-6(8)4-7-5-9-2-3-10-7/h6-8H,2-5H2,1H3. The van der Waals surface area contributed by atoms with Crippen molar-refractivity contribution >= 4 is 0 Å². The van der Waals surface area contributed by atoms with Crippen LogP contribution in [0.5, 0.6) is 0 Å². The van der Waals surface area contributed by atoms with Crippen molar-refractivity contribution in [3.63, 3.8) is 0 Å². The van der Waals surface area contributed by atoms with Crippen molar-refractivity contribution in [2.24, 2.45) is 0 Å². The predicted molar refractivity (Wildman–Crippen MR) is 36.9 cm³/mol. The minimum Gasteiger partial charge on any atom is -0.393 e. The molecule has 0 spiro atoms. The predicted octanol–water partition coefficient (Wildman–Crippen LogP) is 0.173. The first kappa shape index (κ1) is 7.98. The number of ether oxygens (including phenoxy) is 2. The molecule has 10 heavy (non-hydrogen) atoms. The van der Waals surface area contributed by atoms with Crippen LogP contribution in [0, 0.1) is 0 Å². The van der Waals surface area contributed by atoms with Crippen LogP contribution in [0.1, 0.15) is 13.3 Å². The fraction of sp³-hybridized carbons (Fsp3) is 1.00. The minimum absolute atomic E-state index is 0.105. The van der Waals surface area contributed by atoms with Gasteiger partial charge in [-0.1, -0.05) is 0 Å². The van der Waals surface area contributed by atoms with Gasteiger partial charge in [0.1, 0.15) is 0 Å².